The first kappa shape index (κ1) is 17.4. The van der Waals surface area contributed by atoms with Crippen LogP contribution < -0.4 is 10.1 Å². The summed E-state index contributed by atoms with van der Waals surface area (Å²) in [4.78, 5) is 26.6. The van der Waals surface area contributed by atoms with Gasteiger partial charge in [0.1, 0.15) is 5.75 Å². The predicted molar refractivity (Wildman–Crippen MR) is 96.8 cm³/mol. The summed E-state index contributed by atoms with van der Waals surface area (Å²) in [5.74, 6) is 0.113. The van der Waals surface area contributed by atoms with Gasteiger partial charge in [0.25, 0.3) is 5.91 Å². The Morgan fingerprint density at radius 2 is 1.92 bits per heavy atom. The molecule has 1 N–H and O–H groups in total. The van der Waals surface area contributed by atoms with Crippen molar-refractivity contribution < 1.29 is 14.5 Å². The molecule has 0 aliphatic heterocycles. The summed E-state index contributed by atoms with van der Waals surface area (Å²) in [6, 6.07) is 13.8. The molecule has 0 saturated carbocycles. The maximum absolute atomic E-state index is 12.2. The predicted octanol–water partition coefficient (Wildman–Crippen LogP) is 4.69. The highest BCUT2D eigenvalue weighted by atomic mass is 35.5. The minimum absolute atomic E-state index is 0.0620. The molecule has 26 heavy (non-hydrogen) atoms. The second-order valence-electron chi connectivity index (χ2n) is 5.19. The van der Waals surface area contributed by atoms with Crippen LogP contribution in [0, 0.1) is 10.1 Å². The number of nitro benzene ring substituents is 1. The number of hydrogen-bond acceptors (Lipinski definition) is 5. The van der Waals surface area contributed by atoms with E-state index in [-0.39, 0.29) is 22.4 Å². The molecule has 0 atom stereocenters. The molecule has 0 spiro atoms. The standard InChI is InChI=1S/C18H12ClN3O4/c19-13-5-8-17(16(10-13)22(24)25)26-15-6-3-12(4-7-15)18(23)21-14-2-1-9-20-11-14/h1-11H,(H,21,23). The number of ether oxygens (including phenoxy) is 1. The van der Waals surface area contributed by atoms with E-state index in [1.165, 1.54) is 24.4 Å². The fourth-order valence-corrected chi connectivity index (χ4v) is 2.33. The van der Waals surface area contributed by atoms with Gasteiger partial charge < -0.3 is 10.1 Å². The monoisotopic (exact) mass is 369 g/mol. The molecule has 0 aliphatic rings. The highest BCUT2D eigenvalue weighted by Gasteiger charge is 2.16. The van der Waals surface area contributed by atoms with Crippen molar-refractivity contribution in [3.63, 3.8) is 0 Å². The van der Waals surface area contributed by atoms with Gasteiger partial charge in [0.15, 0.2) is 0 Å². The summed E-state index contributed by atoms with van der Waals surface area (Å²) in [6.45, 7) is 0. The van der Waals surface area contributed by atoms with Gasteiger partial charge in [0.05, 0.1) is 16.8 Å². The molecule has 0 bridgehead atoms. The molecule has 130 valence electrons. The number of amides is 1. The van der Waals surface area contributed by atoms with Gasteiger partial charge in [-0.15, -0.1) is 0 Å². The Kier molecular flexibility index (Phi) is 5.09. The van der Waals surface area contributed by atoms with Crippen molar-refractivity contribution in [2.75, 3.05) is 5.32 Å². The van der Waals surface area contributed by atoms with Crippen LogP contribution in [0.4, 0.5) is 11.4 Å². The average molecular weight is 370 g/mol. The zero-order chi connectivity index (χ0) is 18.5. The van der Waals surface area contributed by atoms with E-state index in [2.05, 4.69) is 10.3 Å². The molecule has 0 radical (unpaired) electrons. The van der Waals surface area contributed by atoms with Gasteiger partial charge in [-0.1, -0.05) is 11.6 Å². The van der Waals surface area contributed by atoms with Crippen LogP contribution in [0.25, 0.3) is 0 Å². The number of carbonyl (C=O) groups is 1. The van der Waals surface area contributed by atoms with Crippen molar-refractivity contribution in [2.24, 2.45) is 0 Å². The highest BCUT2D eigenvalue weighted by Crippen LogP contribution is 2.33. The number of benzene rings is 2. The van der Waals surface area contributed by atoms with Gasteiger partial charge in [-0.25, -0.2) is 0 Å². The number of nitro groups is 1. The largest absolute Gasteiger partial charge is 0.450 e. The van der Waals surface area contributed by atoms with E-state index in [0.29, 0.717) is 17.0 Å². The first-order valence-electron chi connectivity index (χ1n) is 7.46. The normalized spacial score (nSPS) is 10.2. The number of nitrogens with zero attached hydrogens (tertiary/aromatic N) is 2. The Hall–Kier alpha value is -3.45. The van der Waals surface area contributed by atoms with E-state index >= 15 is 0 Å². The second-order valence-corrected chi connectivity index (χ2v) is 5.63. The minimum Gasteiger partial charge on any atom is -0.450 e. The molecule has 1 heterocycles. The molecular weight excluding hydrogens is 358 g/mol. The van der Waals surface area contributed by atoms with Crippen molar-refractivity contribution in [3.8, 4) is 11.5 Å². The van der Waals surface area contributed by atoms with E-state index < -0.39 is 4.92 Å². The van der Waals surface area contributed by atoms with E-state index in [1.807, 2.05) is 0 Å². The van der Waals surface area contributed by atoms with Crippen molar-refractivity contribution in [2.45, 2.75) is 0 Å². The Morgan fingerprint density at radius 1 is 1.15 bits per heavy atom. The highest BCUT2D eigenvalue weighted by molar-refractivity contribution is 6.30. The van der Waals surface area contributed by atoms with E-state index in [0.717, 1.165) is 0 Å². The molecule has 1 aromatic heterocycles. The lowest BCUT2D eigenvalue weighted by molar-refractivity contribution is -0.385. The molecule has 0 unspecified atom stereocenters. The number of hydrogen-bond donors (Lipinski definition) is 1. The number of nitrogens with one attached hydrogen (secondary N) is 1. The number of carbonyl (C=O) groups excluding carboxylic acids is 1. The summed E-state index contributed by atoms with van der Waals surface area (Å²) < 4.78 is 5.54. The maximum Gasteiger partial charge on any atom is 0.313 e. The topological polar surface area (TPSA) is 94.4 Å². The number of pyridine rings is 1. The van der Waals surface area contributed by atoms with Gasteiger partial charge in [-0.05, 0) is 48.5 Å². The summed E-state index contributed by atoms with van der Waals surface area (Å²) in [7, 11) is 0. The summed E-state index contributed by atoms with van der Waals surface area (Å²) >= 11 is 5.78. The van der Waals surface area contributed by atoms with Gasteiger partial charge in [-0.2, -0.15) is 0 Å². The summed E-state index contributed by atoms with van der Waals surface area (Å²) in [5, 5.41) is 14.0. The van der Waals surface area contributed by atoms with Crippen LogP contribution in [-0.4, -0.2) is 15.8 Å². The molecule has 7 nitrogen and oxygen atoms in total. The van der Waals surface area contributed by atoms with Gasteiger partial charge in [-0.3, -0.25) is 19.9 Å². The van der Waals surface area contributed by atoms with Crippen LogP contribution in [0.15, 0.2) is 67.0 Å². The van der Waals surface area contributed by atoms with Crippen molar-refractivity contribution >= 4 is 28.9 Å². The third kappa shape index (κ3) is 4.14. The Morgan fingerprint density at radius 3 is 2.58 bits per heavy atom. The minimum atomic E-state index is -0.572. The molecule has 8 heteroatoms. The van der Waals surface area contributed by atoms with E-state index in [9.17, 15) is 14.9 Å². The Balaban J connectivity index is 1.74. The zero-order valence-corrected chi connectivity index (χ0v) is 14.0. The molecular formula is C18H12ClN3O4. The van der Waals surface area contributed by atoms with Crippen molar-refractivity contribution in [1.29, 1.82) is 0 Å². The molecule has 0 fully saturated rings. The fourth-order valence-electron chi connectivity index (χ4n) is 2.16. The summed E-state index contributed by atoms with van der Waals surface area (Å²) in [5.41, 5.74) is 0.748. The maximum atomic E-state index is 12.2. The first-order chi connectivity index (χ1) is 12.5. The second kappa shape index (κ2) is 7.62. The van der Waals surface area contributed by atoms with Gasteiger partial charge in [0, 0.05) is 22.8 Å². The number of aromatic nitrogens is 1. The van der Waals surface area contributed by atoms with Crippen molar-refractivity contribution in [3.05, 3.63) is 87.7 Å². The molecule has 0 saturated heterocycles. The Bertz CT molecular complexity index is 946. The number of anilines is 1. The van der Waals surface area contributed by atoms with E-state index in [1.54, 1.807) is 42.6 Å². The molecule has 0 aliphatic carbocycles. The molecule has 2 aromatic carbocycles. The third-order valence-corrected chi connectivity index (χ3v) is 3.62. The smallest absolute Gasteiger partial charge is 0.313 e. The lowest BCUT2D eigenvalue weighted by atomic mass is 10.2. The summed E-state index contributed by atoms with van der Waals surface area (Å²) in [6.07, 6.45) is 3.15. The molecule has 3 aromatic rings. The van der Waals surface area contributed by atoms with Crippen LogP contribution in [0.5, 0.6) is 11.5 Å². The van der Waals surface area contributed by atoms with Crippen LogP contribution in [-0.2, 0) is 0 Å². The number of rotatable bonds is 5. The van der Waals surface area contributed by atoms with Crippen LogP contribution in [0.1, 0.15) is 10.4 Å². The van der Waals surface area contributed by atoms with E-state index in [4.69, 9.17) is 16.3 Å². The first-order valence-corrected chi connectivity index (χ1v) is 7.84. The SMILES string of the molecule is O=C(Nc1cccnc1)c1ccc(Oc2ccc(Cl)cc2[N+](=O)[O-])cc1. The molecule has 1 amide bonds. The van der Waals surface area contributed by atoms with Crippen LogP contribution in [0.2, 0.25) is 5.02 Å². The van der Waals surface area contributed by atoms with Gasteiger partial charge in [0.2, 0.25) is 5.75 Å². The third-order valence-electron chi connectivity index (χ3n) is 3.38. The molecule has 3 rings (SSSR count). The fraction of sp³-hybridized carbons (Fsp3) is 0. The lowest BCUT2D eigenvalue weighted by Gasteiger charge is -2.08. The lowest BCUT2D eigenvalue weighted by Crippen LogP contribution is -2.11. The van der Waals surface area contributed by atoms with Gasteiger partial charge >= 0.3 is 5.69 Å². The average Bonchev–Trinajstić information content (AvgIpc) is 2.64. The zero-order valence-electron chi connectivity index (χ0n) is 13.3. The quantitative estimate of drug-likeness (QED) is 0.520. The van der Waals surface area contributed by atoms with Crippen LogP contribution in [0.3, 0.4) is 0 Å². The van der Waals surface area contributed by atoms with Crippen LogP contribution >= 0.6 is 11.6 Å². The number of halogens is 1. The van der Waals surface area contributed by atoms with Crippen molar-refractivity contribution in [1.82, 2.24) is 4.98 Å². The Labute approximate surface area is 153 Å².